The van der Waals surface area contributed by atoms with Gasteiger partial charge in [-0.05, 0) is 24.2 Å². The minimum absolute atomic E-state index is 0.452. The lowest BCUT2D eigenvalue weighted by atomic mass is 10.1. The molecule has 2 heteroatoms. The molecule has 0 saturated heterocycles. The highest BCUT2D eigenvalue weighted by molar-refractivity contribution is 7.99. The second kappa shape index (κ2) is 6.19. The molecule has 0 saturated carbocycles. The number of thioether (sulfide) groups is 1. The quantitative estimate of drug-likeness (QED) is 0.828. The summed E-state index contributed by atoms with van der Waals surface area (Å²) < 4.78 is 0. The van der Waals surface area contributed by atoms with Gasteiger partial charge in [0.1, 0.15) is 0 Å². The molecule has 0 amide bonds. The van der Waals surface area contributed by atoms with Gasteiger partial charge < -0.3 is 5.73 Å². The number of aryl methyl sites for hydroxylation is 1. The van der Waals surface area contributed by atoms with Crippen LogP contribution in [0.2, 0.25) is 0 Å². The molecular weight excluding hydrogens is 202 g/mol. The van der Waals surface area contributed by atoms with Gasteiger partial charge in [0.15, 0.2) is 0 Å². The van der Waals surface area contributed by atoms with E-state index in [-0.39, 0.29) is 0 Å². The van der Waals surface area contributed by atoms with Crippen molar-refractivity contribution in [3.05, 3.63) is 35.4 Å². The average molecular weight is 223 g/mol. The summed E-state index contributed by atoms with van der Waals surface area (Å²) in [7, 11) is 0. The molecule has 1 atom stereocenters. The second-order valence-corrected chi connectivity index (χ2v) is 5.60. The van der Waals surface area contributed by atoms with Crippen LogP contribution < -0.4 is 5.73 Å². The fourth-order valence-corrected chi connectivity index (χ4v) is 2.49. The van der Waals surface area contributed by atoms with E-state index in [4.69, 9.17) is 5.73 Å². The van der Waals surface area contributed by atoms with Crippen LogP contribution in [-0.2, 0) is 0 Å². The van der Waals surface area contributed by atoms with Crippen LogP contribution in [0.15, 0.2) is 24.3 Å². The predicted octanol–water partition coefficient (Wildman–Crippen LogP) is 3.38. The standard InChI is InChI=1S/C13H21NS/c1-10(2)9-15-13(8-14)12-6-4-11(3)5-7-12/h4-7,10,13H,8-9,14H2,1-3H3. The van der Waals surface area contributed by atoms with E-state index in [0.29, 0.717) is 5.25 Å². The summed E-state index contributed by atoms with van der Waals surface area (Å²) in [6.07, 6.45) is 0. The van der Waals surface area contributed by atoms with Gasteiger partial charge in [0, 0.05) is 11.8 Å². The topological polar surface area (TPSA) is 26.0 Å². The first-order valence-electron chi connectivity index (χ1n) is 5.51. The van der Waals surface area contributed by atoms with E-state index in [9.17, 15) is 0 Å². The normalized spacial score (nSPS) is 13.1. The third-order valence-electron chi connectivity index (χ3n) is 2.29. The number of benzene rings is 1. The van der Waals surface area contributed by atoms with Gasteiger partial charge in [-0.3, -0.25) is 0 Å². The van der Waals surface area contributed by atoms with Crippen molar-refractivity contribution in [2.75, 3.05) is 12.3 Å². The molecule has 0 aromatic heterocycles. The first-order chi connectivity index (χ1) is 7.13. The van der Waals surface area contributed by atoms with Crippen molar-refractivity contribution in [2.45, 2.75) is 26.0 Å². The van der Waals surface area contributed by atoms with E-state index in [1.807, 2.05) is 11.8 Å². The van der Waals surface area contributed by atoms with Crippen LogP contribution in [0, 0.1) is 12.8 Å². The van der Waals surface area contributed by atoms with Crippen LogP contribution in [-0.4, -0.2) is 12.3 Å². The molecule has 1 rings (SSSR count). The zero-order chi connectivity index (χ0) is 11.3. The molecule has 0 heterocycles. The number of hydrogen-bond acceptors (Lipinski definition) is 2. The van der Waals surface area contributed by atoms with E-state index in [0.717, 1.165) is 12.5 Å². The van der Waals surface area contributed by atoms with Gasteiger partial charge in [-0.25, -0.2) is 0 Å². The minimum atomic E-state index is 0.452. The molecule has 1 aromatic carbocycles. The molecule has 0 bridgehead atoms. The SMILES string of the molecule is Cc1ccc(C(CN)SCC(C)C)cc1. The minimum Gasteiger partial charge on any atom is -0.329 e. The van der Waals surface area contributed by atoms with Gasteiger partial charge in [0.05, 0.1) is 0 Å². The van der Waals surface area contributed by atoms with Gasteiger partial charge in [0.2, 0.25) is 0 Å². The Balaban J connectivity index is 2.61. The summed E-state index contributed by atoms with van der Waals surface area (Å²) in [6.45, 7) is 7.33. The van der Waals surface area contributed by atoms with Crippen molar-refractivity contribution in [2.24, 2.45) is 11.7 Å². The highest BCUT2D eigenvalue weighted by atomic mass is 32.2. The van der Waals surface area contributed by atoms with Gasteiger partial charge in [0.25, 0.3) is 0 Å². The lowest BCUT2D eigenvalue weighted by Crippen LogP contribution is -2.11. The monoisotopic (exact) mass is 223 g/mol. The fourth-order valence-electron chi connectivity index (χ4n) is 1.39. The molecule has 2 N–H and O–H groups in total. The van der Waals surface area contributed by atoms with Crippen molar-refractivity contribution in [3.8, 4) is 0 Å². The Bertz CT molecular complexity index is 279. The molecule has 0 spiro atoms. The Kier molecular flexibility index (Phi) is 5.20. The molecule has 0 aliphatic heterocycles. The largest absolute Gasteiger partial charge is 0.329 e. The third-order valence-corrected chi connectivity index (χ3v) is 4.02. The molecule has 84 valence electrons. The Morgan fingerprint density at radius 3 is 2.27 bits per heavy atom. The molecule has 0 fully saturated rings. The van der Waals surface area contributed by atoms with E-state index >= 15 is 0 Å². The highest BCUT2D eigenvalue weighted by Crippen LogP contribution is 2.29. The lowest BCUT2D eigenvalue weighted by Gasteiger charge is -2.16. The smallest absolute Gasteiger partial charge is 0.0419 e. The predicted molar refractivity (Wildman–Crippen MR) is 70.3 cm³/mol. The van der Waals surface area contributed by atoms with E-state index in [1.54, 1.807) is 0 Å². The van der Waals surface area contributed by atoms with Crippen LogP contribution in [0.4, 0.5) is 0 Å². The molecule has 0 aliphatic carbocycles. The third kappa shape index (κ3) is 4.27. The van der Waals surface area contributed by atoms with Crippen LogP contribution in [0.3, 0.4) is 0 Å². The van der Waals surface area contributed by atoms with E-state index in [1.165, 1.54) is 16.9 Å². The van der Waals surface area contributed by atoms with E-state index in [2.05, 4.69) is 45.0 Å². The summed E-state index contributed by atoms with van der Waals surface area (Å²) in [6, 6.07) is 8.71. The Hall–Kier alpha value is -0.470. The van der Waals surface area contributed by atoms with Crippen molar-refractivity contribution >= 4 is 11.8 Å². The average Bonchev–Trinajstić information content (AvgIpc) is 2.21. The van der Waals surface area contributed by atoms with Crippen LogP contribution >= 0.6 is 11.8 Å². The maximum atomic E-state index is 5.81. The van der Waals surface area contributed by atoms with Gasteiger partial charge in [-0.15, -0.1) is 0 Å². The molecule has 15 heavy (non-hydrogen) atoms. The molecular formula is C13H21NS. The highest BCUT2D eigenvalue weighted by Gasteiger charge is 2.10. The van der Waals surface area contributed by atoms with Crippen molar-refractivity contribution < 1.29 is 0 Å². The molecule has 1 nitrogen and oxygen atoms in total. The molecule has 0 aliphatic rings. The van der Waals surface area contributed by atoms with Gasteiger partial charge in [-0.1, -0.05) is 43.7 Å². The number of nitrogens with two attached hydrogens (primary N) is 1. The fraction of sp³-hybridized carbons (Fsp3) is 0.538. The summed E-state index contributed by atoms with van der Waals surface area (Å²) >= 11 is 1.96. The molecule has 1 aromatic rings. The number of hydrogen-bond donors (Lipinski definition) is 1. The first-order valence-corrected chi connectivity index (χ1v) is 6.56. The lowest BCUT2D eigenvalue weighted by molar-refractivity contribution is 0.746. The zero-order valence-electron chi connectivity index (χ0n) is 9.86. The maximum absolute atomic E-state index is 5.81. The summed E-state index contributed by atoms with van der Waals surface area (Å²) in [5.74, 6) is 1.91. The summed E-state index contributed by atoms with van der Waals surface area (Å²) in [4.78, 5) is 0. The second-order valence-electron chi connectivity index (χ2n) is 4.36. The number of rotatable bonds is 5. The van der Waals surface area contributed by atoms with Crippen LogP contribution in [0.25, 0.3) is 0 Å². The Morgan fingerprint density at radius 2 is 1.80 bits per heavy atom. The summed E-state index contributed by atoms with van der Waals surface area (Å²) in [5.41, 5.74) is 8.47. The first kappa shape index (κ1) is 12.6. The zero-order valence-corrected chi connectivity index (χ0v) is 10.7. The Labute approximate surface area is 97.4 Å². The molecule has 1 unspecified atom stereocenters. The van der Waals surface area contributed by atoms with Gasteiger partial charge in [-0.2, -0.15) is 11.8 Å². The van der Waals surface area contributed by atoms with Crippen LogP contribution in [0.1, 0.15) is 30.2 Å². The van der Waals surface area contributed by atoms with E-state index < -0.39 is 0 Å². The maximum Gasteiger partial charge on any atom is 0.0419 e. The van der Waals surface area contributed by atoms with Crippen molar-refractivity contribution in [1.82, 2.24) is 0 Å². The van der Waals surface area contributed by atoms with Crippen LogP contribution in [0.5, 0.6) is 0 Å². The van der Waals surface area contributed by atoms with Crippen molar-refractivity contribution in [1.29, 1.82) is 0 Å². The van der Waals surface area contributed by atoms with Gasteiger partial charge >= 0.3 is 0 Å². The summed E-state index contributed by atoms with van der Waals surface area (Å²) in [5, 5.41) is 0.452. The van der Waals surface area contributed by atoms with Crippen molar-refractivity contribution in [3.63, 3.8) is 0 Å². The molecule has 0 radical (unpaired) electrons. The Morgan fingerprint density at radius 1 is 1.20 bits per heavy atom.